The Hall–Kier alpha value is -3.67. The van der Waals surface area contributed by atoms with Crippen LogP contribution >= 0.6 is 0 Å². The minimum absolute atomic E-state index is 0.0134. The van der Waals surface area contributed by atoms with E-state index < -0.39 is 60.2 Å². The summed E-state index contributed by atoms with van der Waals surface area (Å²) in [6, 6.07) is 1.05. The molecule has 0 fully saturated rings. The molecule has 206 valence electrons. The van der Waals surface area contributed by atoms with Crippen molar-refractivity contribution in [3.8, 4) is 5.75 Å². The van der Waals surface area contributed by atoms with Crippen LogP contribution in [0, 0.1) is 11.8 Å². The van der Waals surface area contributed by atoms with Crippen molar-refractivity contribution in [2.24, 2.45) is 17.6 Å². The van der Waals surface area contributed by atoms with Crippen molar-refractivity contribution in [3.05, 3.63) is 29.8 Å². The van der Waals surface area contributed by atoms with Crippen molar-refractivity contribution in [2.75, 3.05) is 0 Å². The van der Waals surface area contributed by atoms with Crippen LogP contribution in [0.1, 0.15) is 52.5 Å². The Morgan fingerprint density at radius 1 is 0.757 bits per heavy atom. The van der Waals surface area contributed by atoms with E-state index in [1.165, 1.54) is 12.1 Å². The van der Waals surface area contributed by atoms with Gasteiger partial charge in [0.15, 0.2) is 0 Å². The first-order valence-electron chi connectivity index (χ1n) is 12.1. The third-order valence-electron chi connectivity index (χ3n) is 5.40. The number of nitrogens with one attached hydrogen (secondary N) is 3. The van der Waals surface area contributed by atoms with Gasteiger partial charge in [-0.15, -0.1) is 0 Å². The van der Waals surface area contributed by atoms with Crippen molar-refractivity contribution in [1.29, 1.82) is 0 Å². The van der Waals surface area contributed by atoms with Crippen LogP contribution in [0.4, 0.5) is 0 Å². The molecule has 4 unspecified atom stereocenters. The predicted octanol–water partition coefficient (Wildman–Crippen LogP) is 0.368. The quantitative estimate of drug-likeness (QED) is 0.169. The molecule has 0 bridgehead atoms. The Bertz CT molecular complexity index is 949. The number of aromatic hydroxyl groups is 1. The van der Waals surface area contributed by atoms with Gasteiger partial charge in [0.05, 0.1) is 12.5 Å². The first-order valence-corrected chi connectivity index (χ1v) is 12.1. The van der Waals surface area contributed by atoms with Gasteiger partial charge in [0.1, 0.15) is 23.9 Å². The molecule has 12 heteroatoms. The fourth-order valence-electron chi connectivity index (χ4n) is 3.58. The maximum Gasteiger partial charge on any atom is 0.326 e. The van der Waals surface area contributed by atoms with Gasteiger partial charge in [-0.05, 0) is 48.8 Å². The molecule has 1 aromatic carbocycles. The first-order chi connectivity index (χ1) is 17.2. The summed E-state index contributed by atoms with van der Waals surface area (Å²) in [5.74, 6) is -5.03. The van der Waals surface area contributed by atoms with Crippen molar-refractivity contribution >= 4 is 29.7 Å². The Morgan fingerprint density at radius 2 is 1.22 bits per heavy atom. The van der Waals surface area contributed by atoms with E-state index in [4.69, 9.17) is 5.73 Å². The molecule has 0 heterocycles. The Labute approximate surface area is 216 Å². The molecule has 8 N–H and O–H groups in total. The zero-order valence-corrected chi connectivity index (χ0v) is 21.6. The third-order valence-corrected chi connectivity index (χ3v) is 5.40. The zero-order valence-electron chi connectivity index (χ0n) is 21.6. The lowest BCUT2D eigenvalue weighted by Gasteiger charge is -2.26. The van der Waals surface area contributed by atoms with E-state index in [1.807, 2.05) is 0 Å². The maximum absolute atomic E-state index is 13.0. The van der Waals surface area contributed by atoms with Gasteiger partial charge in [-0.2, -0.15) is 0 Å². The predicted molar refractivity (Wildman–Crippen MR) is 134 cm³/mol. The number of hydrogen-bond donors (Lipinski definition) is 7. The lowest BCUT2D eigenvalue weighted by molar-refractivity contribution is -0.143. The highest BCUT2D eigenvalue weighted by atomic mass is 16.4. The molecule has 0 radical (unpaired) electrons. The number of carboxylic acids is 2. The number of nitrogens with two attached hydrogens (primary N) is 1. The summed E-state index contributed by atoms with van der Waals surface area (Å²) < 4.78 is 0. The summed E-state index contributed by atoms with van der Waals surface area (Å²) in [7, 11) is 0. The topological polar surface area (TPSA) is 208 Å². The maximum atomic E-state index is 13.0. The minimum atomic E-state index is -1.52. The number of aliphatic carboxylic acids is 2. The van der Waals surface area contributed by atoms with Crippen LogP contribution in [0.5, 0.6) is 5.75 Å². The van der Waals surface area contributed by atoms with Crippen LogP contribution in [0.25, 0.3) is 0 Å². The molecule has 0 aliphatic rings. The molecular formula is C25H38N4O8. The summed E-state index contributed by atoms with van der Waals surface area (Å²) in [5.41, 5.74) is 6.57. The van der Waals surface area contributed by atoms with Crippen molar-refractivity contribution < 1.29 is 39.3 Å². The Kier molecular flexibility index (Phi) is 12.5. The summed E-state index contributed by atoms with van der Waals surface area (Å²) in [6.07, 6.45) is -0.358. The van der Waals surface area contributed by atoms with Gasteiger partial charge in [0.2, 0.25) is 17.7 Å². The van der Waals surface area contributed by atoms with E-state index in [0.717, 1.165) is 0 Å². The van der Waals surface area contributed by atoms with Crippen molar-refractivity contribution in [1.82, 2.24) is 16.0 Å². The smallest absolute Gasteiger partial charge is 0.326 e. The Morgan fingerprint density at radius 3 is 1.70 bits per heavy atom. The SMILES string of the molecule is CC(C)CC(NC(=O)C(CC(C)C)NC(=O)C(CC(=O)O)NC(=O)C(N)Cc1ccc(O)cc1)C(=O)O. The number of carbonyl (C=O) groups is 5. The molecule has 0 saturated heterocycles. The second-order valence-corrected chi connectivity index (χ2v) is 9.86. The van der Waals surface area contributed by atoms with Crippen molar-refractivity contribution in [2.45, 2.75) is 77.5 Å². The number of benzene rings is 1. The number of carboxylic acid groups (broad SMARTS) is 2. The van der Waals surface area contributed by atoms with Gasteiger partial charge in [0.25, 0.3) is 0 Å². The molecule has 1 aromatic rings. The fourth-order valence-corrected chi connectivity index (χ4v) is 3.58. The average Bonchev–Trinajstić information content (AvgIpc) is 2.78. The van der Waals surface area contributed by atoms with E-state index in [-0.39, 0.29) is 36.8 Å². The van der Waals surface area contributed by atoms with E-state index in [2.05, 4.69) is 16.0 Å². The number of rotatable bonds is 15. The molecule has 37 heavy (non-hydrogen) atoms. The largest absolute Gasteiger partial charge is 0.508 e. The normalized spacial score (nSPS) is 14.4. The average molecular weight is 523 g/mol. The Balaban J connectivity index is 2.98. The summed E-state index contributed by atoms with van der Waals surface area (Å²) in [4.78, 5) is 61.4. The van der Waals surface area contributed by atoms with Gasteiger partial charge in [-0.1, -0.05) is 39.8 Å². The lowest BCUT2D eigenvalue weighted by Crippen LogP contribution is -2.58. The highest BCUT2D eigenvalue weighted by Gasteiger charge is 2.32. The number of phenolic OH excluding ortho intramolecular Hbond substituents is 1. The summed E-state index contributed by atoms with van der Waals surface area (Å²) in [5, 5.41) is 35.3. The van der Waals surface area contributed by atoms with Crippen LogP contribution < -0.4 is 21.7 Å². The molecule has 4 atom stereocenters. The van der Waals surface area contributed by atoms with E-state index in [0.29, 0.717) is 5.56 Å². The van der Waals surface area contributed by atoms with Gasteiger partial charge < -0.3 is 37.0 Å². The molecule has 0 saturated carbocycles. The van der Waals surface area contributed by atoms with Crippen LogP contribution in [0.15, 0.2) is 24.3 Å². The van der Waals surface area contributed by atoms with E-state index in [1.54, 1.807) is 39.8 Å². The highest BCUT2D eigenvalue weighted by molar-refractivity contribution is 5.95. The van der Waals surface area contributed by atoms with Gasteiger partial charge in [-0.3, -0.25) is 19.2 Å². The fraction of sp³-hybridized carbons (Fsp3) is 0.560. The molecular weight excluding hydrogens is 484 g/mol. The minimum Gasteiger partial charge on any atom is -0.508 e. The highest BCUT2D eigenvalue weighted by Crippen LogP contribution is 2.12. The number of carbonyl (C=O) groups excluding carboxylic acids is 3. The monoisotopic (exact) mass is 522 g/mol. The van der Waals surface area contributed by atoms with E-state index >= 15 is 0 Å². The second-order valence-electron chi connectivity index (χ2n) is 9.86. The second kappa shape index (κ2) is 14.8. The van der Waals surface area contributed by atoms with Crippen LogP contribution in [-0.4, -0.2) is 69.1 Å². The third kappa shape index (κ3) is 11.7. The molecule has 0 aromatic heterocycles. The standard InChI is InChI=1S/C25H38N4O8/c1-13(2)9-18(23(34)29-20(25(36)37)10-14(3)4)28-24(35)19(12-21(31)32)27-22(33)17(26)11-15-5-7-16(30)8-6-15/h5-8,13-14,17-20,30H,9-12,26H2,1-4H3,(H,27,33)(H,28,35)(H,29,34)(H,31,32)(H,36,37). The van der Waals surface area contributed by atoms with E-state index in [9.17, 15) is 39.3 Å². The van der Waals surface area contributed by atoms with Crippen LogP contribution in [0.2, 0.25) is 0 Å². The van der Waals surface area contributed by atoms with Crippen LogP contribution in [-0.2, 0) is 30.4 Å². The molecule has 3 amide bonds. The number of phenols is 1. The van der Waals surface area contributed by atoms with Gasteiger partial charge in [0, 0.05) is 0 Å². The summed E-state index contributed by atoms with van der Waals surface area (Å²) >= 11 is 0. The molecule has 1 rings (SSSR count). The zero-order chi connectivity index (χ0) is 28.3. The summed E-state index contributed by atoms with van der Waals surface area (Å²) in [6.45, 7) is 7.21. The molecule has 0 aliphatic heterocycles. The lowest BCUT2D eigenvalue weighted by atomic mass is 10.00. The number of amides is 3. The molecule has 0 spiro atoms. The molecule has 0 aliphatic carbocycles. The van der Waals surface area contributed by atoms with Crippen molar-refractivity contribution in [3.63, 3.8) is 0 Å². The number of hydrogen-bond acceptors (Lipinski definition) is 7. The van der Waals surface area contributed by atoms with Gasteiger partial charge in [-0.25, -0.2) is 4.79 Å². The molecule has 12 nitrogen and oxygen atoms in total. The first kappa shape index (κ1) is 31.4. The van der Waals surface area contributed by atoms with Gasteiger partial charge >= 0.3 is 11.9 Å². The van der Waals surface area contributed by atoms with Crippen LogP contribution in [0.3, 0.4) is 0 Å².